The summed E-state index contributed by atoms with van der Waals surface area (Å²) in [5.74, 6) is -0.542. The molecule has 1 amide bonds. The molecule has 0 atom stereocenters. The highest BCUT2D eigenvalue weighted by Gasteiger charge is 2.25. The van der Waals surface area contributed by atoms with Crippen LogP contribution in [0.15, 0.2) is 107 Å². The van der Waals surface area contributed by atoms with Crippen LogP contribution in [-0.4, -0.2) is 29.8 Å². The number of rotatable bonds is 8. The Kier molecular flexibility index (Phi) is 7.56. The van der Waals surface area contributed by atoms with Gasteiger partial charge in [0, 0.05) is 12.7 Å². The van der Waals surface area contributed by atoms with Crippen molar-refractivity contribution in [2.24, 2.45) is 0 Å². The van der Waals surface area contributed by atoms with E-state index in [0.29, 0.717) is 11.4 Å². The highest BCUT2D eigenvalue weighted by Crippen LogP contribution is 2.27. The van der Waals surface area contributed by atoms with E-state index in [4.69, 9.17) is 0 Å². The van der Waals surface area contributed by atoms with Crippen LogP contribution >= 0.6 is 0 Å². The molecule has 0 fully saturated rings. The minimum atomic E-state index is -3.89. The van der Waals surface area contributed by atoms with Crippen molar-refractivity contribution in [2.75, 3.05) is 21.4 Å². The zero-order chi connectivity index (χ0) is 27.5. The summed E-state index contributed by atoms with van der Waals surface area (Å²) in [6.07, 6.45) is 0. The molecule has 0 saturated carbocycles. The lowest BCUT2D eigenvalue weighted by atomic mass is 10.1. The summed E-state index contributed by atoms with van der Waals surface area (Å²) >= 11 is 0. The van der Waals surface area contributed by atoms with Crippen LogP contribution in [0.3, 0.4) is 0 Å². The summed E-state index contributed by atoms with van der Waals surface area (Å²) in [7, 11) is -6.35. The van der Waals surface area contributed by atoms with Gasteiger partial charge in [0.25, 0.3) is 26.0 Å². The van der Waals surface area contributed by atoms with Gasteiger partial charge in [0.05, 0.1) is 26.7 Å². The number of para-hydroxylation sites is 1. The van der Waals surface area contributed by atoms with Crippen molar-refractivity contribution in [3.63, 3.8) is 0 Å². The number of hydrogen-bond donors (Lipinski definition) is 2. The zero-order valence-corrected chi connectivity index (χ0v) is 22.7. The number of carbonyl (C=O) groups is 1. The Balaban J connectivity index is 1.53. The van der Waals surface area contributed by atoms with Gasteiger partial charge in [0.1, 0.15) is 0 Å². The Morgan fingerprint density at radius 2 is 1.37 bits per heavy atom. The van der Waals surface area contributed by atoms with Crippen LogP contribution < -0.4 is 14.3 Å². The molecule has 0 saturated heterocycles. The molecule has 8 nitrogen and oxygen atoms in total. The second kappa shape index (κ2) is 10.7. The van der Waals surface area contributed by atoms with E-state index >= 15 is 0 Å². The van der Waals surface area contributed by atoms with E-state index in [9.17, 15) is 21.6 Å². The number of sulfonamides is 2. The number of aryl methyl sites for hydroxylation is 2. The average Bonchev–Trinajstić information content (AvgIpc) is 2.90. The molecule has 2 N–H and O–H groups in total. The van der Waals surface area contributed by atoms with Gasteiger partial charge < -0.3 is 5.32 Å². The molecular weight excluding hydrogens is 522 g/mol. The SMILES string of the molecule is Cc1ccc(NS(=O)(=O)c2ccc(NC(=O)c3ccccc3N(C)S(=O)(=O)c3ccccc3)cc2)c(C)c1. The fourth-order valence-corrected chi connectivity index (χ4v) is 6.23. The highest BCUT2D eigenvalue weighted by molar-refractivity contribution is 7.93. The first-order chi connectivity index (χ1) is 18.0. The third-order valence-electron chi connectivity index (χ3n) is 5.94. The van der Waals surface area contributed by atoms with Crippen molar-refractivity contribution in [3.05, 3.63) is 114 Å². The van der Waals surface area contributed by atoms with Gasteiger partial charge in [-0.3, -0.25) is 13.8 Å². The Labute approximate surface area is 223 Å². The molecule has 38 heavy (non-hydrogen) atoms. The standard InChI is InChI=1S/C28H27N3O5S2/c1-20-13-18-26(21(2)19-20)30-37(33,34)23-16-14-22(15-17-23)29-28(32)25-11-7-8-12-27(25)31(3)38(35,36)24-9-5-4-6-10-24/h4-19,30H,1-3H3,(H,29,32). The van der Waals surface area contributed by atoms with E-state index in [1.807, 2.05) is 26.0 Å². The van der Waals surface area contributed by atoms with Gasteiger partial charge in [-0.25, -0.2) is 16.8 Å². The maximum absolute atomic E-state index is 13.1. The number of benzene rings is 4. The molecule has 0 aromatic heterocycles. The van der Waals surface area contributed by atoms with Crippen LogP contribution in [0, 0.1) is 13.8 Å². The predicted molar refractivity (Wildman–Crippen MR) is 150 cm³/mol. The summed E-state index contributed by atoms with van der Waals surface area (Å²) in [4.78, 5) is 13.3. The van der Waals surface area contributed by atoms with Crippen molar-refractivity contribution in [1.29, 1.82) is 0 Å². The van der Waals surface area contributed by atoms with Crippen molar-refractivity contribution in [3.8, 4) is 0 Å². The molecule has 196 valence electrons. The van der Waals surface area contributed by atoms with Crippen LogP contribution in [0.25, 0.3) is 0 Å². The quantitative estimate of drug-likeness (QED) is 0.314. The van der Waals surface area contributed by atoms with E-state index < -0.39 is 26.0 Å². The van der Waals surface area contributed by atoms with Gasteiger partial charge >= 0.3 is 0 Å². The molecule has 0 aliphatic rings. The maximum atomic E-state index is 13.1. The van der Waals surface area contributed by atoms with Crippen LogP contribution in [0.2, 0.25) is 0 Å². The normalized spacial score (nSPS) is 11.6. The Hall–Kier alpha value is -4.15. The fourth-order valence-electron chi connectivity index (χ4n) is 3.87. The molecule has 0 heterocycles. The summed E-state index contributed by atoms with van der Waals surface area (Å²) in [6.45, 7) is 3.75. The van der Waals surface area contributed by atoms with Crippen LogP contribution in [0.1, 0.15) is 21.5 Å². The summed E-state index contributed by atoms with van der Waals surface area (Å²) < 4.78 is 55.6. The van der Waals surface area contributed by atoms with E-state index in [1.165, 1.54) is 49.5 Å². The highest BCUT2D eigenvalue weighted by atomic mass is 32.2. The van der Waals surface area contributed by atoms with Crippen molar-refractivity contribution in [2.45, 2.75) is 23.6 Å². The van der Waals surface area contributed by atoms with Crippen molar-refractivity contribution >= 4 is 43.0 Å². The monoisotopic (exact) mass is 549 g/mol. The lowest BCUT2D eigenvalue weighted by Gasteiger charge is -2.22. The Morgan fingerprint density at radius 1 is 0.737 bits per heavy atom. The molecule has 0 radical (unpaired) electrons. The minimum Gasteiger partial charge on any atom is -0.322 e. The molecule has 4 aromatic carbocycles. The van der Waals surface area contributed by atoms with Gasteiger partial charge in [-0.1, -0.05) is 48.0 Å². The zero-order valence-electron chi connectivity index (χ0n) is 21.0. The molecule has 0 bridgehead atoms. The van der Waals surface area contributed by atoms with Gasteiger partial charge in [-0.05, 0) is 74.0 Å². The maximum Gasteiger partial charge on any atom is 0.264 e. The van der Waals surface area contributed by atoms with Crippen molar-refractivity contribution < 1.29 is 21.6 Å². The second-order valence-corrected chi connectivity index (χ2v) is 12.4. The molecule has 0 aliphatic heterocycles. The number of amides is 1. The third kappa shape index (κ3) is 5.71. The fraction of sp³-hybridized carbons (Fsp3) is 0.107. The van der Waals surface area contributed by atoms with Gasteiger partial charge in [0.2, 0.25) is 0 Å². The second-order valence-electron chi connectivity index (χ2n) is 8.71. The number of hydrogen-bond acceptors (Lipinski definition) is 5. The van der Waals surface area contributed by atoms with Gasteiger partial charge in [-0.2, -0.15) is 0 Å². The number of nitrogens with one attached hydrogen (secondary N) is 2. The molecule has 0 unspecified atom stereocenters. The van der Waals surface area contributed by atoms with Gasteiger partial charge in [-0.15, -0.1) is 0 Å². The molecule has 0 spiro atoms. The van der Waals surface area contributed by atoms with Crippen molar-refractivity contribution in [1.82, 2.24) is 0 Å². The van der Waals surface area contributed by atoms with Crippen LogP contribution in [0.4, 0.5) is 17.1 Å². The molecular formula is C28H27N3O5S2. The molecule has 4 aromatic rings. The first-order valence-electron chi connectivity index (χ1n) is 11.6. The summed E-state index contributed by atoms with van der Waals surface area (Å²) in [6, 6.07) is 25.4. The average molecular weight is 550 g/mol. The smallest absolute Gasteiger partial charge is 0.264 e. The molecule has 0 aliphatic carbocycles. The topological polar surface area (TPSA) is 113 Å². The summed E-state index contributed by atoms with van der Waals surface area (Å²) in [5, 5.41) is 2.71. The number of anilines is 3. The Morgan fingerprint density at radius 3 is 2.03 bits per heavy atom. The third-order valence-corrected chi connectivity index (χ3v) is 9.11. The van der Waals surface area contributed by atoms with Crippen LogP contribution in [0.5, 0.6) is 0 Å². The first-order valence-corrected chi connectivity index (χ1v) is 14.6. The Bertz CT molecular complexity index is 1690. The van der Waals surface area contributed by atoms with E-state index in [-0.39, 0.29) is 21.0 Å². The molecule has 10 heteroatoms. The lowest BCUT2D eigenvalue weighted by molar-refractivity contribution is 0.102. The van der Waals surface area contributed by atoms with E-state index in [2.05, 4.69) is 10.0 Å². The number of nitrogens with zero attached hydrogens (tertiary/aromatic N) is 1. The van der Waals surface area contributed by atoms with E-state index in [1.54, 1.807) is 42.5 Å². The first kappa shape index (κ1) is 26.9. The molecule has 4 rings (SSSR count). The predicted octanol–water partition coefficient (Wildman–Crippen LogP) is 5.18. The summed E-state index contributed by atoms with van der Waals surface area (Å²) in [5.41, 5.74) is 3.00. The largest absolute Gasteiger partial charge is 0.322 e. The lowest BCUT2D eigenvalue weighted by Crippen LogP contribution is -2.29. The van der Waals surface area contributed by atoms with E-state index in [0.717, 1.165) is 15.4 Å². The number of carbonyl (C=O) groups excluding carboxylic acids is 1. The van der Waals surface area contributed by atoms with Crippen LogP contribution in [-0.2, 0) is 20.0 Å². The minimum absolute atomic E-state index is 0.0320. The van der Waals surface area contributed by atoms with Gasteiger partial charge in [0.15, 0.2) is 0 Å².